The van der Waals surface area contributed by atoms with Gasteiger partial charge in [-0.25, -0.2) is 0 Å². The topological polar surface area (TPSA) is 56.1 Å². The molecule has 0 aliphatic carbocycles. The van der Waals surface area contributed by atoms with Crippen molar-refractivity contribution in [2.45, 2.75) is 25.8 Å². The quantitative estimate of drug-likeness (QED) is 0.707. The lowest BCUT2D eigenvalue weighted by molar-refractivity contribution is -0.120. The molecule has 0 aromatic carbocycles. The SMILES string of the molecule is CC1CC(CNC(=O)CC#N)CN1C. The van der Waals surface area contributed by atoms with E-state index in [1.165, 1.54) is 0 Å². The van der Waals surface area contributed by atoms with Crippen molar-refractivity contribution in [1.82, 2.24) is 10.2 Å². The first-order valence-corrected chi connectivity index (χ1v) is 4.97. The van der Waals surface area contributed by atoms with Crippen molar-refractivity contribution in [3.8, 4) is 6.07 Å². The third kappa shape index (κ3) is 3.00. The van der Waals surface area contributed by atoms with Gasteiger partial charge in [0.25, 0.3) is 0 Å². The number of hydrogen-bond donors (Lipinski definition) is 1. The Labute approximate surface area is 84.9 Å². The van der Waals surface area contributed by atoms with Crippen LogP contribution < -0.4 is 5.32 Å². The molecular weight excluding hydrogens is 178 g/mol. The molecular formula is C10H17N3O. The zero-order chi connectivity index (χ0) is 10.6. The van der Waals surface area contributed by atoms with Crippen LogP contribution in [-0.2, 0) is 4.79 Å². The highest BCUT2D eigenvalue weighted by atomic mass is 16.1. The number of nitriles is 1. The first kappa shape index (κ1) is 11.0. The highest BCUT2D eigenvalue weighted by Crippen LogP contribution is 2.19. The van der Waals surface area contributed by atoms with Crippen LogP contribution >= 0.6 is 0 Å². The van der Waals surface area contributed by atoms with Gasteiger partial charge in [-0.05, 0) is 26.3 Å². The molecule has 1 fully saturated rings. The number of carbonyl (C=O) groups is 1. The van der Waals surface area contributed by atoms with E-state index in [2.05, 4.69) is 24.2 Å². The molecule has 14 heavy (non-hydrogen) atoms. The average molecular weight is 195 g/mol. The smallest absolute Gasteiger partial charge is 0.234 e. The maximum absolute atomic E-state index is 11.0. The van der Waals surface area contributed by atoms with Crippen LogP contribution in [0.1, 0.15) is 19.8 Å². The Hall–Kier alpha value is -1.08. The van der Waals surface area contributed by atoms with E-state index in [9.17, 15) is 4.79 Å². The summed E-state index contributed by atoms with van der Waals surface area (Å²) < 4.78 is 0. The Morgan fingerprint density at radius 3 is 2.93 bits per heavy atom. The highest BCUT2D eigenvalue weighted by Gasteiger charge is 2.25. The number of nitrogens with one attached hydrogen (secondary N) is 1. The molecule has 0 saturated carbocycles. The van der Waals surface area contributed by atoms with E-state index >= 15 is 0 Å². The number of nitrogens with zero attached hydrogens (tertiary/aromatic N) is 2. The van der Waals surface area contributed by atoms with E-state index in [0.717, 1.165) is 13.0 Å². The van der Waals surface area contributed by atoms with Gasteiger partial charge in [-0.1, -0.05) is 0 Å². The van der Waals surface area contributed by atoms with Gasteiger partial charge < -0.3 is 10.2 Å². The second kappa shape index (κ2) is 4.97. The average Bonchev–Trinajstić information content (AvgIpc) is 2.44. The van der Waals surface area contributed by atoms with Gasteiger partial charge in [0.05, 0.1) is 6.07 Å². The number of amides is 1. The molecule has 0 bridgehead atoms. The van der Waals surface area contributed by atoms with Gasteiger partial charge >= 0.3 is 0 Å². The summed E-state index contributed by atoms with van der Waals surface area (Å²) in [5.41, 5.74) is 0. The van der Waals surface area contributed by atoms with Crippen LogP contribution in [-0.4, -0.2) is 37.0 Å². The second-order valence-electron chi connectivity index (χ2n) is 4.03. The fourth-order valence-corrected chi connectivity index (χ4v) is 1.86. The third-order valence-corrected chi connectivity index (χ3v) is 2.80. The minimum Gasteiger partial charge on any atom is -0.355 e. The van der Waals surface area contributed by atoms with Crippen LogP contribution in [0.4, 0.5) is 0 Å². The van der Waals surface area contributed by atoms with Crippen LogP contribution in [0.3, 0.4) is 0 Å². The largest absolute Gasteiger partial charge is 0.355 e. The molecule has 1 amide bonds. The molecule has 0 radical (unpaired) electrons. The summed E-state index contributed by atoms with van der Waals surface area (Å²) in [6.07, 6.45) is 1.10. The van der Waals surface area contributed by atoms with Crippen molar-refractivity contribution >= 4 is 5.91 Å². The maximum Gasteiger partial charge on any atom is 0.234 e. The van der Waals surface area contributed by atoms with E-state index in [-0.39, 0.29) is 12.3 Å². The van der Waals surface area contributed by atoms with Crippen molar-refractivity contribution < 1.29 is 4.79 Å². The van der Waals surface area contributed by atoms with Crippen LogP contribution in [0.15, 0.2) is 0 Å². The lowest BCUT2D eigenvalue weighted by Crippen LogP contribution is -2.30. The van der Waals surface area contributed by atoms with Gasteiger partial charge in [0.1, 0.15) is 6.42 Å². The molecule has 2 atom stereocenters. The van der Waals surface area contributed by atoms with Gasteiger partial charge in [0.2, 0.25) is 5.91 Å². The van der Waals surface area contributed by atoms with Crippen LogP contribution in [0.2, 0.25) is 0 Å². The van der Waals surface area contributed by atoms with E-state index in [0.29, 0.717) is 18.5 Å². The van der Waals surface area contributed by atoms with Gasteiger partial charge in [-0.2, -0.15) is 5.26 Å². The predicted molar refractivity (Wildman–Crippen MR) is 53.4 cm³/mol. The van der Waals surface area contributed by atoms with Crippen molar-refractivity contribution in [3.05, 3.63) is 0 Å². The molecule has 4 nitrogen and oxygen atoms in total. The van der Waals surface area contributed by atoms with Crippen LogP contribution in [0.5, 0.6) is 0 Å². The van der Waals surface area contributed by atoms with Crippen molar-refractivity contribution in [2.24, 2.45) is 5.92 Å². The first-order chi connectivity index (χ1) is 6.63. The summed E-state index contributed by atoms with van der Waals surface area (Å²) in [5.74, 6) is 0.382. The van der Waals surface area contributed by atoms with Crippen molar-refractivity contribution in [2.75, 3.05) is 20.1 Å². The number of rotatable bonds is 3. The summed E-state index contributed by atoms with van der Waals surface area (Å²) in [6.45, 7) is 3.93. The minimum absolute atomic E-state index is 0.0296. The summed E-state index contributed by atoms with van der Waals surface area (Å²) in [4.78, 5) is 13.3. The summed E-state index contributed by atoms with van der Waals surface area (Å²) in [6, 6.07) is 2.44. The molecule has 0 aromatic heterocycles. The predicted octanol–water partition coefficient (Wildman–Crippen LogP) is 0.356. The zero-order valence-electron chi connectivity index (χ0n) is 8.79. The lowest BCUT2D eigenvalue weighted by atomic mass is 10.1. The second-order valence-corrected chi connectivity index (χ2v) is 4.03. The molecule has 1 aliphatic rings. The van der Waals surface area contributed by atoms with E-state index in [4.69, 9.17) is 5.26 Å². The van der Waals surface area contributed by atoms with E-state index in [1.807, 2.05) is 6.07 Å². The maximum atomic E-state index is 11.0. The Bertz CT molecular complexity index is 236. The van der Waals surface area contributed by atoms with Crippen molar-refractivity contribution in [1.29, 1.82) is 5.26 Å². The normalized spacial score (nSPS) is 27.2. The molecule has 1 heterocycles. The fourth-order valence-electron chi connectivity index (χ4n) is 1.86. The van der Waals surface area contributed by atoms with Crippen molar-refractivity contribution in [3.63, 3.8) is 0 Å². The van der Waals surface area contributed by atoms with Crippen LogP contribution in [0, 0.1) is 17.2 Å². The van der Waals surface area contributed by atoms with Crippen LogP contribution in [0.25, 0.3) is 0 Å². The van der Waals surface area contributed by atoms with Gasteiger partial charge in [-0.3, -0.25) is 4.79 Å². The molecule has 4 heteroatoms. The van der Waals surface area contributed by atoms with Gasteiger partial charge in [-0.15, -0.1) is 0 Å². The monoisotopic (exact) mass is 195 g/mol. The molecule has 0 aromatic rings. The summed E-state index contributed by atoms with van der Waals surface area (Å²) in [7, 11) is 2.10. The highest BCUT2D eigenvalue weighted by molar-refractivity contribution is 5.77. The lowest BCUT2D eigenvalue weighted by Gasteiger charge is -2.12. The molecule has 1 aliphatic heterocycles. The molecule has 78 valence electrons. The molecule has 0 spiro atoms. The molecule has 1 saturated heterocycles. The zero-order valence-corrected chi connectivity index (χ0v) is 8.79. The molecule has 1 N–H and O–H groups in total. The fraction of sp³-hybridized carbons (Fsp3) is 0.800. The Kier molecular flexibility index (Phi) is 3.90. The standard InChI is InChI=1S/C10H17N3O/c1-8-5-9(7-13(8)2)6-12-10(14)3-4-11/h8-9H,3,5-7H2,1-2H3,(H,12,14). The van der Waals surface area contributed by atoms with Gasteiger partial charge in [0, 0.05) is 19.1 Å². The number of likely N-dealkylation sites (tertiary alicyclic amines) is 1. The van der Waals surface area contributed by atoms with E-state index < -0.39 is 0 Å². The molecule has 2 unspecified atom stereocenters. The van der Waals surface area contributed by atoms with Gasteiger partial charge in [0.15, 0.2) is 0 Å². The summed E-state index contributed by atoms with van der Waals surface area (Å²) >= 11 is 0. The first-order valence-electron chi connectivity index (χ1n) is 4.97. The molecule has 1 rings (SSSR count). The number of carbonyl (C=O) groups excluding carboxylic acids is 1. The Morgan fingerprint density at radius 2 is 2.43 bits per heavy atom. The number of hydrogen-bond acceptors (Lipinski definition) is 3. The Balaban J connectivity index is 2.21. The third-order valence-electron chi connectivity index (χ3n) is 2.80. The van der Waals surface area contributed by atoms with E-state index in [1.54, 1.807) is 0 Å². The summed E-state index contributed by atoms with van der Waals surface area (Å²) in [5, 5.41) is 11.1. The Morgan fingerprint density at radius 1 is 1.71 bits per heavy atom. The minimum atomic E-state index is -0.158.